The van der Waals surface area contributed by atoms with Crippen molar-refractivity contribution < 1.29 is 19.1 Å². The first-order valence-corrected chi connectivity index (χ1v) is 9.07. The van der Waals surface area contributed by atoms with Crippen LogP contribution in [0.4, 0.5) is 5.69 Å². The van der Waals surface area contributed by atoms with E-state index in [-0.39, 0.29) is 18.6 Å². The van der Waals surface area contributed by atoms with Crippen molar-refractivity contribution in [1.29, 1.82) is 0 Å². The number of nitrogens with zero attached hydrogens (tertiary/aromatic N) is 1. The van der Waals surface area contributed by atoms with Gasteiger partial charge in [-0.25, -0.2) is 5.43 Å². The summed E-state index contributed by atoms with van der Waals surface area (Å²) in [7, 11) is 0. The highest BCUT2D eigenvalue weighted by molar-refractivity contribution is 6.35. The SMILES string of the molecule is Cc1cccc(NC(=O)COc2ccccc2/C=N\NC(=O)C(=O)NC(C)C)c1. The molecule has 0 radical (unpaired) electrons. The maximum absolute atomic E-state index is 12.1. The molecule has 0 fully saturated rings. The second-order valence-electron chi connectivity index (χ2n) is 6.57. The lowest BCUT2D eigenvalue weighted by Gasteiger charge is -2.10. The van der Waals surface area contributed by atoms with Crippen LogP contribution in [-0.2, 0) is 14.4 Å². The Bertz CT molecular complexity index is 909. The second kappa shape index (κ2) is 10.6. The third kappa shape index (κ3) is 7.45. The molecule has 3 N–H and O–H groups in total. The quantitative estimate of drug-likeness (QED) is 0.378. The predicted molar refractivity (Wildman–Crippen MR) is 111 cm³/mol. The summed E-state index contributed by atoms with van der Waals surface area (Å²) in [5.74, 6) is -1.53. The zero-order valence-corrected chi connectivity index (χ0v) is 16.6. The Morgan fingerprint density at radius 2 is 1.83 bits per heavy atom. The summed E-state index contributed by atoms with van der Waals surface area (Å²) < 4.78 is 5.56. The fourth-order valence-corrected chi connectivity index (χ4v) is 2.32. The Labute approximate surface area is 169 Å². The minimum Gasteiger partial charge on any atom is -0.483 e. The van der Waals surface area contributed by atoms with E-state index in [1.165, 1.54) is 6.21 Å². The lowest BCUT2D eigenvalue weighted by atomic mass is 10.2. The summed E-state index contributed by atoms with van der Waals surface area (Å²) in [5, 5.41) is 8.99. The average Bonchev–Trinajstić information content (AvgIpc) is 2.66. The van der Waals surface area contributed by atoms with Gasteiger partial charge in [-0.1, -0.05) is 24.3 Å². The van der Waals surface area contributed by atoms with E-state index < -0.39 is 11.8 Å². The molecule has 2 rings (SSSR count). The largest absolute Gasteiger partial charge is 0.483 e. The number of carbonyl (C=O) groups is 3. The number of anilines is 1. The lowest BCUT2D eigenvalue weighted by Crippen LogP contribution is -2.41. The summed E-state index contributed by atoms with van der Waals surface area (Å²) >= 11 is 0. The number of carbonyl (C=O) groups excluding carboxylic acids is 3. The van der Waals surface area contributed by atoms with E-state index in [0.717, 1.165) is 5.56 Å². The molecule has 2 aromatic rings. The van der Waals surface area contributed by atoms with Gasteiger partial charge in [0.25, 0.3) is 5.91 Å². The molecule has 0 aliphatic carbocycles. The lowest BCUT2D eigenvalue weighted by molar-refractivity contribution is -0.139. The molecule has 152 valence electrons. The van der Waals surface area contributed by atoms with Gasteiger partial charge in [-0.2, -0.15) is 5.10 Å². The zero-order valence-electron chi connectivity index (χ0n) is 16.6. The summed E-state index contributed by atoms with van der Waals surface area (Å²) in [4.78, 5) is 35.3. The number of hydrazone groups is 1. The molecule has 0 saturated heterocycles. The standard InChI is InChI=1S/C21H24N4O4/c1-14(2)23-20(27)21(28)25-22-12-16-8-4-5-10-18(16)29-13-19(26)24-17-9-6-7-15(3)11-17/h4-12,14H,13H2,1-3H3,(H,23,27)(H,24,26)(H,25,28)/b22-12-. The van der Waals surface area contributed by atoms with E-state index in [2.05, 4.69) is 21.2 Å². The van der Waals surface area contributed by atoms with Gasteiger partial charge in [-0.05, 0) is 50.6 Å². The molecule has 0 saturated carbocycles. The Morgan fingerprint density at radius 1 is 1.07 bits per heavy atom. The number of benzene rings is 2. The van der Waals surface area contributed by atoms with E-state index >= 15 is 0 Å². The minimum atomic E-state index is -0.870. The number of amides is 3. The topological polar surface area (TPSA) is 109 Å². The van der Waals surface area contributed by atoms with Crippen LogP contribution in [0.5, 0.6) is 5.75 Å². The molecule has 0 heterocycles. The Morgan fingerprint density at radius 3 is 2.55 bits per heavy atom. The summed E-state index contributed by atoms with van der Waals surface area (Å²) in [6.45, 7) is 5.24. The molecule has 0 atom stereocenters. The Kier molecular flexibility index (Phi) is 7.90. The molecule has 2 aromatic carbocycles. The number of para-hydroxylation sites is 1. The van der Waals surface area contributed by atoms with Crippen LogP contribution in [0.15, 0.2) is 53.6 Å². The fourth-order valence-electron chi connectivity index (χ4n) is 2.32. The molecule has 29 heavy (non-hydrogen) atoms. The van der Waals surface area contributed by atoms with Gasteiger partial charge in [0.2, 0.25) is 0 Å². The van der Waals surface area contributed by atoms with Crippen molar-refractivity contribution in [3.8, 4) is 5.75 Å². The molecule has 8 heteroatoms. The molecule has 0 aliphatic heterocycles. The number of nitrogens with one attached hydrogen (secondary N) is 3. The highest BCUT2D eigenvalue weighted by atomic mass is 16.5. The molecule has 0 bridgehead atoms. The van der Waals surface area contributed by atoms with Crippen LogP contribution < -0.4 is 20.8 Å². The van der Waals surface area contributed by atoms with Crippen molar-refractivity contribution in [2.24, 2.45) is 5.10 Å². The number of hydrogen-bond donors (Lipinski definition) is 3. The van der Waals surface area contributed by atoms with Crippen LogP contribution in [0, 0.1) is 6.92 Å². The minimum absolute atomic E-state index is 0.155. The van der Waals surface area contributed by atoms with Crippen molar-refractivity contribution >= 4 is 29.6 Å². The van der Waals surface area contributed by atoms with Gasteiger partial charge in [-0.15, -0.1) is 0 Å². The van der Waals surface area contributed by atoms with E-state index in [1.54, 1.807) is 44.2 Å². The number of ether oxygens (including phenoxy) is 1. The fraction of sp³-hybridized carbons (Fsp3) is 0.238. The monoisotopic (exact) mass is 396 g/mol. The average molecular weight is 396 g/mol. The van der Waals surface area contributed by atoms with Crippen LogP contribution in [0.2, 0.25) is 0 Å². The summed E-state index contributed by atoms with van der Waals surface area (Å²) in [5.41, 5.74) is 4.42. The van der Waals surface area contributed by atoms with Crippen LogP contribution in [-0.4, -0.2) is 36.6 Å². The molecule has 0 unspecified atom stereocenters. The number of aryl methyl sites for hydroxylation is 1. The van der Waals surface area contributed by atoms with Crippen LogP contribution >= 0.6 is 0 Å². The molecular formula is C21H24N4O4. The Hall–Kier alpha value is -3.68. The molecule has 0 aromatic heterocycles. The molecule has 0 aliphatic rings. The third-order valence-electron chi connectivity index (χ3n) is 3.58. The van der Waals surface area contributed by atoms with Gasteiger partial charge < -0.3 is 15.4 Å². The van der Waals surface area contributed by atoms with Crippen molar-refractivity contribution in [2.75, 3.05) is 11.9 Å². The van der Waals surface area contributed by atoms with E-state index in [4.69, 9.17) is 4.74 Å². The Balaban J connectivity index is 1.92. The number of hydrogen-bond acceptors (Lipinski definition) is 5. The van der Waals surface area contributed by atoms with Crippen molar-refractivity contribution in [2.45, 2.75) is 26.8 Å². The first kappa shape index (κ1) is 21.6. The van der Waals surface area contributed by atoms with E-state index in [0.29, 0.717) is 17.0 Å². The van der Waals surface area contributed by atoms with E-state index in [1.807, 2.05) is 25.1 Å². The van der Waals surface area contributed by atoms with Gasteiger partial charge in [0, 0.05) is 17.3 Å². The third-order valence-corrected chi connectivity index (χ3v) is 3.58. The second-order valence-corrected chi connectivity index (χ2v) is 6.57. The van der Waals surface area contributed by atoms with Gasteiger partial charge in [0.05, 0.1) is 6.21 Å². The van der Waals surface area contributed by atoms with Crippen molar-refractivity contribution in [3.63, 3.8) is 0 Å². The van der Waals surface area contributed by atoms with Gasteiger partial charge in [0.1, 0.15) is 5.75 Å². The van der Waals surface area contributed by atoms with Gasteiger partial charge >= 0.3 is 11.8 Å². The number of rotatable bonds is 7. The van der Waals surface area contributed by atoms with Crippen LogP contribution in [0.25, 0.3) is 0 Å². The first-order chi connectivity index (χ1) is 13.8. The molecule has 3 amide bonds. The maximum Gasteiger partial charge on any atom is 0.329 e. The predicted octanol–water partition coefficient (Wildman–Crippen LogP) is 1.99. The van der Waals surface area contributed by atoms with Crippen LogP contribution in [0.3, 0.4) is 0 Å². The van der Waals surface area contributed by atoms with Crippen molar-refractivity contribution in [1.82, 2.24) is 10.7 Å². The van der Waals surface area contributed by atoms with Gasteiger partial charge in [0.15, 0.2) is 6.61 Å². The highest BCUT2D eigenvalue weighted by Crippen LogP contribution is 2.16. The molecule has 8 nitrogen and oxygen atoms in total. The summed E-state index contributed by atoms with van der Waals surface area (Å²) in [6.07, 6.45) is 1.34. The van der Waals surface area contributed by atoms with Crippen molar-refractivity contribution in [3.05, 3.63) is 59.7 Å². The zero-order chi connectivity index (χ0) is 21.2. The smallest absolute Gasteiger partial charge is 0.329 e. The van der Waals surface area contributed by atoms with Crippen LogP contribution in [0.1, 0.15) is 25.0 Å². The molecular weight excluding hydrogens is 372 g/mol. The maximum atomic E-state index is 12.1. The first-order valence-electron chi connectivity index (χ1n) is 9.07. The highest BCUT2D eigenvalue weighted by Gasteiger charge is 2.13. The normalized spacial score (nSPS) is 10.6. The summed E-state index contributed by atoms with van der Waals surface area (Å²) in [6, 6.07) is 14.2. The van der Waals surface area contributed by atoms with Gasteiger partial charge in [-0.3, -0.25) is 14.4 Å². The van der Waals surface area contributed by atoms with E-state index in [9.17, 15) is 14.4 Å². The molecule has 0 spiro atoms.